The van der Waals surface area contributed by atoms with Crippen LogP contribution in [0, 0.1) is 0 Å². The van der Waals surface area contributed by atoms with Crippen molar-refractivity contribution < 1.29 is 24.2 Å². The molecule has 0 fully saturated rings. The summed E-state index contributed by atoms with van der Waals surface area (Å²) in [7, 11) is 2.91. The number of nitrogens with one attached hydrogen (secondary N) is 1. The highest BCUT2D eigenvalue weighted by molar-refractivity contribution is 9.10. The molecule has 0 saturated heterocycles. The summed E-state index contributed by atoms with van der Waals surface area (Å²) in [6.07, 6.45) is 0. The predicted octanol–water partition coefficient (Wildman–Crippen LogP) is 1.28. The molecule has 1 aromatic rings. The zero-order chi connectivity index (χ0) is 13.7. The SMILES string of the molecule is COc1cc(C(=O)NCC(=O)O)cc(OC)c1Br. The highest BCUT2D eigenvalue weighted by Gasteiger charge is 2.14. The van der Waals surface area contributed by atoms with Crippen molar-refractivity contribution in [2.45, 2.75) is 0 Å². The number of aliphatic carboxylic acids is 1. The van der Waals surface area contributed by atoms with Crippen LogP contribution in [0.1, 0.15) is 10.4 Å². The van der Waals surface area contributed by atoms with Crippen molar-refractivity contribution in [3.05, 3.63) is 22.2 Å². The zero-order valence-corrected chi connectivity index (χ0v) is 11.4. The average molecular weight is 318 g/mol. The van der Waals surface area contributed by atoms with E-state index < -0.39 is 18.4 Å². The van der Waals surface area contributed by atoms with Crippen molar-refractivity contribution in [3.8, 4) is 11.5 Å². The summed E-state index contributed by atoms with van der Waals surface area (Å²) in [6, 6.07) is 2.98. The molecular formula is C11H12BrNO5. The minimum Gasteiger partial charge on any atom is -0.495 e. The fourth-order valence-corrected chi connectivity index (χ4v) is 1.81. The minimum absolute atomic E-state index is 0.258. The average Bonchev–Trinajstić information content (AvgIpc) is 2.36. The molecule has 0 aliphatic heterocycles. The number of carboxylic acid groups (broad SMARTS) is 1. The highest BCUT2D eigenvalue weighted by Crippen LogP contribution is 2.35. The van der Waals surface area contributed by atoms with E-state index in [1.54, 1.807) is 0 Å². The Morgan fingerprint density at radius 3 is 2.17 bits per heavy atom. The Morgan fingerprint density at radius 1 is 1.28 bits per heavy atom. The molecule has 1 amide bonds. The Hall–Kier alpha value is -1.76. The van der Waals surface area contributed by atoms with Crippen LogP contribution in [0.25, 0.3) is 0 Å². The maximum Gasteiger partial charge on any atom is 0.322 e. The maximum absolute atomic E-state index is 11.7. The molecule has 0 aromatic heterocycles. The van der Waals surface area contributed by atoms with E-state index in [1.165, 1.54) is 26.4 Å². The van der Waals surface area contributed by atoms with Gasteiger partial charge in [0.05, 0.1) is 14.2 Å². The number of rotatable bonds is 5. The van der Waals surface area contributed by atoms with Gasteiger partial charge in [-0.15, -0.1) is 0 Å². The van der Waals surface area contributed by atoms with Crippen molar-refractivity contribution in [1.82, 2.24) is 5.32 Å². The van der Waals surface area contributed by atoms with E-state index in [4.69, 9.17) is 14.6 Å². The zero-order valence-electron chi connectivity index (χ0n) is 9.82. The molecule has 2 N–H and O–H groups in total. The summed E-state index contributed by atoms with van der Waals surface area (Å²) in [5.74, 6) is -0.773. The molecule has 18 heavy (non-hydrogen) atoms. The van der Waals surface area contributed by atoms with Gasteiger partial charge in [0.25, 0.3) is 5.91 Å². The van der Waals surface area contributed by atoms with Crippen molar-refractivity contribution in [2.24, 2.45) is 0 Å². The van der Waals surface area contributed by atoms with Crippen LogP contribution in [0.3, 0.4) is 0 Å². The molecule has 98 valence electrons. The largest absolute Gasteiger partial charge is 0.495 e. The first-order chi connectivity index (χ1) is 8.49. The lowest BCUT2D eigenvalue weighted by Crippen LogP contribution is -2.29. The number of carbonyl (C=O) groups is 2. The molecule has 0 spiro atoms. The van der Waals surface area contributed by atoms with Gasteiger partial charge in [-0.05, 0) is 28.1 Å². The quantitative estimate of drug-likeness (QED) is 0.854. The van der Waals surface area contributed by atoms with E-state index in [2.05, 4.69) is 21.2 Å². The lowest BCUT2D eigenvalue weighted by molar-refractivity contribution is -0.135. The van der Waals surface area contributed by atoms with Crippen LogP contribution in [0.2, 0.25) is 0 Å². The lowest BCUT2D eigenvalue weighted by Gasteiger charge is -2.11. The van der Waals surface area contributed by atoms with Crippen LogP contribution in [0.15, 0.2) is 16.6 Å². The van der Waals surface area contributed by atoms with Crippen LogP contribution in [-0.4, -0.2) is 37.7 Å². The fraction of sp³-hybridized carbons (Fsp3) is 0.273. The van der Waals surface area contributed by atoms with Crippen LogP contribution in [0.4, 0.5) is 0 Å². The van der Waals surface area contributed by atoms with Crippen LogP contribution >= 0.6 is 15.9 Å². The predicted molar refractivity (Wildman–Crippen MR) is 67.2 cm³/mol. The second kappa shape index (κ2) is 6.25. The topological polar surface area (TPSA) is 84.9 Å². The Bertz CT molecular complexity index is 449. The van der Waals surface area contributed by atoms with Crippen LogP contribution < -0.4 is 14.8 Å². The Labute approximate surface area is 112 Å². The molecule has 0 unspecified atom stereocenters. The van der Waals surface area contributed by atoms with Gasteiger partial charge in [0, 0.05) is 5.56 Å². The van der Waals surface area contributed by atoms with E-state index >= 15 is 0 Å². The molecule has 0 saturated carbocycles. The molecular weight excluding hydrogens is 306 g/mol. The van der Waals surface area contributed by atoms with Gasteiger partial charge in [-0.1, -0.05) is 0 Å². The molecule has 0 radical (unpaired) electrons. The fourth-order valence-electron chi connectivity index (χ4n) is 1.26. The van der Waals surface area contributed by atoms with E-state index in [1.807, 2.05) is 0 Å². The summed E-state index contributed by atoms with van der Waals surface area (Å²) in [4.78, 5) is 22.1. The molecule has 1 rings (SSSR count). The highest BCUT2D eigenvalue weighted by atomic mass is 79.9. The van der Waals surface area contributed by atoms with Crippen molar-refractivity contribution >= 4 is 27.8 Å². The van der Waals surface area contributed by atoms with Gasteiger partial charge in [-0.2, -0.15) is 0 Å². The van der Waals surface area contributed by atoms with Crippen molar-refractivity contribution in [1.29, 1.82) is 0 Å². The number of carbonyl (C=O) groups excluding carboxylic acids is 1. The third-order valence-electron chi connectivity index (χ3n) is 2.11. The van der Waals surface area contributed by atoms with Gasteiger partial charge in [-0.3, -0.25) is 9.59 Å². The summed E-state index contributed by atoms with van der Waals surface area (Å²) in [5.41, 5.74) is 0.258. The second-order valence-electron chi connectivity index (χ2n) is 3.27. The van der Waals surface area contributed by atoms with Gasteiger partial charge < -0.3 is 19.9 Å². The number of methoxy groups -OCH3 is 2. The second-order valence-corrected chi connectivity index (χ2v) is 4.06. The molecule has 7 heteroatoms. The molecule has 0 atom stereocenters. The van der Waals surface area contributed by atoms with Crippen LogP contribution in [-0.2, 0) is 4.79 Å². The molecule has 0 aliphatic rings. The molecule has 0 aliphatic carbocycles. The lowest BCUT2D eigenvalue weighted by atomic mass is 10.2. The first-order valence-electron chi connectivity index (χ1n) is 4.91. The Kier molecular flexibility index (Phi) is 4.96. The molecule has 1 aromatic carbocycles. The van der Waals surface area contributed by atoms with Gasteiger partial charge in [-0.25, -0.2) is 0 Å². The van der Waals surface area contributed by atoms with Gasteiger partial charge in [0.15, 0.2) is 0 Å². The summed E-state index contributed by atoms with van der Waals surface area (Å²) in [6.45, 7) is -0.445. The molecule has 6 nitrogen and oxygen atoms in total. The van der Waals surface area contributed by atoms with Crippen LogP contribution in [0.5, 0.6) is 11.5 Å². The number of amides is 1. The third-order valence-corrected chi connectivity index (χ3v) is 2.89. The van der Waals surface area contributed by atoms with E-state index in [9.17, 15) is 9.59 Å². The maximum atomic E-state index is 11.7. The first kappa shape index (κ1) is 14.3. The number of ether oxygens (including phenoxy) is 2. The van der Waals surface area contributed by atoms with E-state index in [0.29, 0.717) is 16.0 Å². The van der Waals surface area contributed by atoms with Crippen molar-refractivity contribution in [2.75, 3.05) is 20.8 Å². The number of benzene rings is 1. The smallest absolute Gasteiger partial charge is 0.322 e. The summed E-state index contributed by atoms with van der Waals surface area (Å²) in [5, 5.41) is 10.7. The molecule has 0 bridgehead atoms. The van der Waals surface area contributed by atoms with E-state index in [0.717, 1.165) is 0 Å². The number of halogens is 1. The van der Waals surface area contributed by atoms with Crippen molar-refractivity contribution in [3.63, 3.8) is 0 Å². The number of hydrogen-bond donors (Lipinski definition) is 2. The monoisotopic (exact) mass is 317 g/mol. The summed E-state index contributed by atoms with van der Waals surface area (Å²) >= 11 is 3.27. The van der Waals surface area contributed by atoms with Gasteiger partial charge in [0.1, 0.15) is 22.5 Å². The Balaban J connectivity index is 3.02. The minimum atomic E-state index is -1.11. The number of hydrogen-bond acceptors (Lipinski definition) is 4. The van der Waals surface area contributed by atoms with E-state index in [-0.39, 0.29) is 5.56 Å². The Morgan fingerprint density at radius 2 is 1.78 bits per heavy atom. The normalized spacial score (nSPS) is 9.72. The number of carboxylic acids is 1. The van der Waals surface area contributed by atoms with Gasteiger partial charge >= 0.3 is 5.97 Å². The standard InChI is InChI=1S/C11H12BrNO5/c1-17-7-3-6(4-8(18-2)10(7)12)11(16)13-5-9(14)15/h3-4H,5H2,1-2H3,(H,13,16)(H,14,15). The van der Waals surface area contributed by atoms with Gasteiger partial charge in [0.2, 0.25) is 0 Å². The summed E-state index contributed by atoms with van der Waals surface area (Å²) < 4.78 is 10.7. The first-order valence-corrected chi connectivity index (χ1v) is 5.70. The third kappa shape index (κ3) is 3.36. The molecule has 0 heterocycles.